The minimum Gasteiger partial charge on any atom is -0.457 e. The van der Waals surface area contributed by atoms with Crippen LogP contribution in [0.3, 0.4) is 0 Å². The summed E-state index contributed by atoms with van der Waals surface area (Å²) >= 11 is 0. The first kappa shape index (κ1) is 35.9. The zero-order chi connectivity index (χ0) is 27.1. The molecule has 0 aliphatic heterocycles. The maximum absolute atomic E-state index is 12.0. The fourth-order valence-electron chi connectivity index (χ4n) is 4.36. The molecule has 0 bridgehead atoms. The monoisotopic (exact) mass is 522 g/mol. The van der Waals surface area contributed by atoms with Crippen molar-refractivity contribution in [3.8, 4) is 0 Å². The molecule has 0 aliphatic rings. The summed E-state index contributed by atoms with van der Waals surface area (Å²) in [5, 5.41) is 9.50. The molecule has 4 heteroatoms. The van der Waals surface area contributed by atoms with E-state index in [1.807, 2.05) is 0 Å². The Kier molecular flexibility index (Phi) is 30.1. The van der Waals surface area contributed by atoms with Gasteiger partial charge < -0.3 is 14.6 Å². The summed E-state index contributed by atoms with van der Waals surface area (Å²) in [5.74, 6) is -0.207. The van der Waals surface area contributed by atoms with Crippen molar-refractivity contribution in [1.82, 2.24) is 0 Å². The number of carbonyl (C=O) groups is 1. The van der Waals surface area contributed by atoms with Crippen LogP contribution in [0.15, 0.2) is 24.3 Å². The lowest BCUT2D eigenvalue weighted by Gasteiger charge is -2.15. The maximum Gasteiger partial charge on any atom is 0.306 e. The number of aliphatic hydroxyl groups excluding tert-OH is 1. The highest BCUT2D eigenvalue weighted by atomic mass is 16.6. The average molecular weight is 523 g/mol. The number of aliphatic hydroxyl groups is 1. The third-order valence-electron chi connectivity index (χ3n) is 6.76. The van der Waals surface area contributed by atoms with Gasteiger partial charge in [-0.2, -0.15) is 0 Å². The highest BCUT2D eigenvalue weighted by Gasteiger charge is 2.13. The van der Waals surface area contributed by atoms with Crippen LogP contribution in [0.5, 0.6) is 0 Å². The van der Waals surface area contributed by atoms with E-state index in [0.29, 0.717) is 19.6 Å². The molecule has 0 aliphatic carbocycles. The first-order valence-electron chi connectivity index (χ1n) is 15.9. The quantitative estimate of drug-likeness (QED) is 0.0603. The van der Waals surface area contributed by atoms with Crippen molar-refractivity contribution in [1.29, 1.82) is 0 Å². The molecule has 218 valence electrons. The normalized spacial score (nSPS) is 12.6. The highest BCUT2D eigenvalue weighted by molar-refractivity contribution is 5.69. The van der Waals surface area contributed by atoms with Gasteiger partial charge in [-0.15, -0.1) is 0 Å². The Labute approximate surface area is 230 Å². The number of ether oxygens (including phenoxy) is 2. The number of esters is 1. The minimum absolute atomic E-state index is 0.173. The van der Waals surface area contributed by atoms with Gasteiger partial charge in [0.25, 0.3) is 0 Å². The number of allylic oxidation sites excluding steroid dienone is 4. The van der Waals surface area contributed by atoms with Crippen LogP contribution in [0.2, 0.25) is 0 Å². The molecule has 0 aromatic heterocycles. The summed E-state index contributed by atoms with van der Waals surface area (Å²) in [6, 6.07) is 0. The Morgan fingerprint density at radius 3 is 1.78 bits per heavy atom. The van der Waals surface area contributed by atoms with E-state index in [1.165, 1.54) is 109 Å². The maximum atomic E-state index is 12.0. The molecule has 4 nitrogen and oxygen atoms in total. The van der Waals surface area contributed by atoms with Crippen molar-refractivity contribution >= 4 is 5.97 Å². The molecule has 0 saturated carbocycles. The number of hydrogen-bond acceptors (Lipinski definition) is 4. The number of unbranched alkanes of at least 4 members (excludes halogenated alkanes) is 17. The minimum atomic E-state index is -0.532. The first-order chi connectivity index (χ1) is 18.2. The largest absolute Gasteiger partial charge is 0.457 e. The third kappa shape index (κ3) is 29.3. The zero-order valence-corrected chi connectivity index (χ0v) is 24.7. The molecule has 0 amide bonds. The fourth-order valence-corrected chi connectivity index (χ4v) is 4.36. The molecule has 0 spiro atoms. The molecule has 1 unspecified atom stereocenters. The number of hydrogen-bond donors (Lipinski definition) is 1. The van der Waals surface area contributed by atoms with Crippen LogP contribution in [0.25, 0.3) is 0 Å². The van der Waals surface area contributed by atoms with Crippen LogP contribution in [-0.4, -0.2) is 37.0 Å². The molecule has 0 fully saturated rings. The van der Waals surface area contributed by atoms with Crippen molar-refractivity contribution in [2.75, 3.05) is 19.8 Å². The van der Waals surface area contributed by atoms with Crippen LogP contribution in [0, 0.1) is 0 Å². The summed E-state index contributed by atoms with van der Waals surface area (Å²) in [4.78, 5) is 12.0. The van der Waals surface area contributed by atoms with Crippen LogP contribution >= 0.6 is 0 Å². The third-order valence-corrected chi connectivity index (χ3v) is 6.76. The standard InChI is InChI=1S/C33H62O4/c1-3-5-7-9-11-13-15-16-17-19-21-23-25-27-29-36-31-32(30-34)37-33(35)28-26-24-22-20-18-14-12-10-8-6-4-2/h7,9,13,15,32,34H,3-6,8,10-12,14,16-31H2,1-2H3/b9-7-,15-13-. The SMILES string of the molecule is CCC/C=C\C/C=C\CCCCCCCCOCC(CO)OC(=O)CCCCCCCCCCCCC. The smallest absolute Gasteiger partial charge is 0.306 e. The second-order valence-corrected chi connectivity index (χ2v) is 10.5. The summed E-state index contributed by atoms with van der Waals surface area (Å²) in [6.07, 6.45) is 34.9. The Morgan fingerprint density at radius 1 is 0.649 bits per heavy atom. The van der Waals surface area contributed by atoms with Crippen LogP contribution in [-0.2, 0) is 14.3 Å². The highest BCUT2D eigenvalue weighted by Crippen LogP contribution is 2.13. The molecular weight excluding hydrogens is 460 g/mol. The van der Waals surface area contributed by atoms with Gasteiger partial charge in [-0.3, -0.25) is 4.79 Å². The predicted octanol–water partition coefficient (Wildman–Crippen LogP) is 9.64. The average Bonchev–Trinajstić information content (AvgIpc) is 2.90. The fraction of sp³-hybridized carbons (Fsp3) is 0.848. The Morgan fingerprint density at radius 2 is 1.19 bits per heavy atom. The summed E-state index contributed by atoms with van der Waals surface area (Å²) < 4.78 is 11.0. The van der Waals surface area contributed by atoms with Crippen LogP contribution in [0.1, 0.15) is 155 Å². The van der Waals surface area contributed by atoms with Crippen molar-refractivity contribution in [2.45, 2.75) is 161 Å². The molecule has 1 atom stereocenters. The van der Waals surface area contributed by atoms with Gasteiger partial charge in [-0.25, -0.2) is 0 Å². The van der Waals surface area contributed by atoms with E-state index >= 15 is 0 Å². The van der Waals surface area contributed by atoms with Gasteiger partial charge in [0.05, 0.1) is 13.2 Å². The molecule has 37 heavy (non-hydrogen) atoms. The van der Waals surface area contributed by atoms with Crippen molar-refractivity contribution < 1.29 is 19.4 Å². The molecule has 0 aromatic carbocycles. The Hall–Kier alpha value is -1.13. The van der Waals surface area contributed by atoms with Crippen molar-refractivity contribution in [2.24, 2.45) is 0 Å². The molecule has 0 heterocycles. The molecule has 0 aromatic rings. The molecule has 0 radical (unpaired) electrons. The van der Waals surface area contributed by atoms with E-state index < -0.39 is 6.10 Å². The molecular formula is C33H62O4. The van der Waals surface area contributed by atoms with Crippen LogP contribution < -0.4 is 0 Å². The Balaban J connectivity index is 3.46. The topological polar surface area (TPSA) is 55.8 Å². The second-order valence-electron chi connectivity index (χ2n) is 10.5. The van der Waals surface area contributed by atoms with E-state index in [4.69, 9.17) is 9.47 Å². The lowest BCUT2D eigenvalue weighted by Crippen LogP contribution is -2.27. The van der Waals surface area contributed by atoms with Gasteiger partial charge in [-0.1, -0.05) is 134 Å². The van der Waals surface area contributed by atoms with E-state index in [0.717, 1.165) is 25.7 Å². The lowest BCUT2D eigenvalue weighted by atomic mass is 10.1. The van der Waals surface area contributed by atoms with E-state index in [-0.39, 0.29) is 12.6 Å². The van der Waals surface area contributed by atoms with Gasteiger partial charge in [0, 0.05) is 13.0 Å². The molecule has 0 saturated heterocycles. The van der Waals surface area contributed by atoms with Gasteiger partial charge in [0.2, 0.25) is 0 Å². The van der Waals surface area contributed by atoms with E-state index in [9.17, 15) is 9.90 Å². The van der Waals surface area contributed by atoms with E-state index in [2.05, 4.69) is 38.2 Å². The van der Waals surface area contributed by atoms with Crippen molar-refractivity contribution in [3.63, 3.8) is 0 Å². The molecule has 0 rings (SSSR count). The lowest BCUT2D eigenvalue weighted by molar-refractivity contribution is -0.154. The van der Waals surface area contributed by atoms with Gasteiger partial charge in [0.15, 0.2) is 0 Å². The zero-order valence-electron chi connectivity index (χ0n) is 24.7. The summed E-state index contributed by atoms with van der Waals surface area (Å²) in [6.45, 7) is 5.25. The van der Waals surface area contributed by atoms with Gasteiger partial charge in [0.1, 0.15) is 6.10 Å². The Bertz CT molecular complexity index is 514. The van der Waals surface area contributed by atoms with Gasteiger partial charge >= 0.3 is 5.97 Å². The van der Waals surface area contributed by atoms with Gasteiger partial charge in [-0.05, 0) is 38.5 Å². The number of rotatable bonds is 29. The van der Waals surface area contributed by atoms with Crippen molar-refractivity contribution in [3.05, 3.63) is 24.3 Å². The predicted molar refractivity (Wildman–Crippen MR) is 159 cm³/mol. The van der Waals surface area contributed by atoms with Crippen LogP contribution in [0.4, 0.5) is 0 Å². The summed E-state index contributed by atoms with van der Waals surface area (Å²) in [7, 11) is 0. The first-order valence-corrected chi connectivity index (χ1v) is 15.9. The molecule has 1 N–H and O–H groups in total. The number of carbonyl (C=O) groups excluding carboxylic acids is 1. The van der Waals surface area contributed by atoms with E-state index in [1.54, 1.807) is 0 Å². The second kappa shape index (κ2) is 31.1. The summed E-state index contributed by atoms with van der Waals surface area (Å²) in [5.41, 5.74) is 0.